The number of fused-ring (bicyclic) bond motifs is 1. The summed E-state index contributed by atoms with van der Waals surface area (Å²) in [4.78, 5) is 17.3. The van der Waals surface area contributed by atoms with Gasteiger partial charge in [-0.25, -0.2) is 13.4 Å². The van der Waals surface area contributed by atoms with Crippen molar-refractivity contribution in [1.29, 1.82) is 0 Å². The molecule has 3 heterocycles. The Labute approximate surface area is 219 Å². The van der Waals surface area contributed by atoms with Gasteiger partial charge >= 0.3 is 0 Å². The highest BCUT2D eigenvalue weighted by molar-refractivity contribution is 7.90. The molecule has 0 spiro atoms. The molecule has 0 fully saturated rings. The predicted molar refractivity (Wildman–Crippen MR) is 144 cm³/mol. The van der Waals surface area contributed by atoms with Gasteiger partial charge in [0.25, 0.3) is 5.91 Å². The van der Waals surface area contributed by atoms with E-state index in [1.807, 2.05) is 28.9 Å². The van der Waals surface area contributed by atoms with Crippen LogP contribution in [0, 0.1) is 11.8 Å². The number of aryl methyl sites for hydroxylation is 1. The summed E-state index contributed by atoms with van der Waals surface area (Å²) in [6.45, 7) is 0.284. The lowest BCUT2D eigenvalue weighted by atomic mass is 10.1. The third-order valence-electron chi connectivity index (χ3n) is 5.83. The first-order valence-corrected chi connectivity index (χ1v) is 13.3. The van der Waals surface area contributed by atoms with E-state index in [9.17, 15) is 13.2 Å². The van der Waals surface area contributed by atoms with Gasteiger partial charge in [0.2, 0.25) is 0 Å². The van der Waals surface area contributed by atoms with E-state index >= 15 is 0 Å². The molecule has 190 valence electrons. The van der Waals surface area contributed by atoms with E-state index in [4.69, 9.17) is 5.73 Å². The lowest BCUT2D eigenvalue weighted by Crippen LogP contribution is -2.23. The second-order valence-electron chi connectivity index (χ2n) is 8.74. The number of pyridine rings is 1. The van der Waals surface area contributed by atoms with E-state index in [0.717, 1.165) is 11.2 Å². The average molecular weight is 525 g/mol. The number of imidazole rings is 1. The van der Waals surface area contributed by atoms with Crippen molar-refractivity contribution >= 4 is 27.1 Å². The molecule has 0 atom stereocenters. The van der Waals surface area contributed by atoms with Gasteiger partial charge in [0, 0.05) is 60.8 Å². The van der Waals surface area contributed by atoms with Crippen LogP contribution >= 0.6 is 0 Å². The standard InChI is InChI=1S/C28H24N6O3S/c1-33-12-10-25(32-33)19-38(36,37)26-8-7-23(17-22(26)6-5-20-3-2-4-24(29)15-20)28(35)31-18-21-9-13-34-14-11-30-27(34)16-21/h2-4,7-17H,18-19,29H2,1H3,(H,31,35). The Morgan fingerprint density at radius 3 is 2.68 bits per heavy atom. The van der Waals surface area contributed by atoms with Gasteiger partial charge in [-0.1, -0.05) is 17.9 Å². The third-order valence-corrected chi connectivity index (χ3v) is 7.53. The molecule has 0 saturated heterocycles. The molecule has 0 aliphatic rings. The number of anilines is 1. The number of nitrogens with one attached hydrogen (secondary N) is 1. The van der Waals surface area contributed by atoms with Gasteiger partial charge in [-0.2, -0.15) is 5.10 Å². The Morgan fingerprint density at radius 2 is 1.89 bits per heavy atom. The predicted octanol–water partition coefficient (Wildman–Crippen LogP) is 2.95. The van der Waals surface area contributed by atoms with Gasteiger partial charge in [-0.3, -0.25) is 9.48 Å². The fraction of sp³-hybridized carbons (Fsp3) is 0.107. The highest BCUT2D eigenvalue weighted by atomic mass is 32.2. The maximum absolute atomic E-state index is 13.3. The van der Waals surface area contributed by atoms with E-state index in [1.165, 1.54) is 18.2 Å². The SMILES string of the molecule is Cn1ccc(CS(=O)(=O)c2ccc(C(=O)NCc3ccn4ccnc4c3)cc2C#Cc2cccc(N)c2)n1. The zero-order chi connectivity index (χ0) is 26.7. The molecule has 0 saturated carbocycles. The Balaban J connectivity index is 1.45. The maximum atomic E-state index is 13.3. The topological polar surface area (TPSA) is 124 Å². The van der Waals surface area contributed by atoms with Crippen LogP contribution in [0.1, 0.15) is 32.7 Å². The molecule has 1 amide bonds. The number of carbonyl (C=O) groups excluding carboxylic acids is 1. The van der Waals surface area contributed by atoms with Crippen LogP contribution in [0.3, 0.4) is 0 Å². The summed E-state index contributed by atoms with van der Waals surface area (Å²) in [5.74, 6) is 5.26. The smallest absolute Gasteiger partial charge is 0.251 e. The molecule has 10 heteroatoms. The number of sulfone groups is 1. The quantitative estimate of drug-likeness (QED) is 0.260. The second kappa shape index (κ2) is 10.2. The van der Waals surface area contributed by atoms with Crippen LogP contribution in [-0.4, -0.2) is 33.5 Å². The van der Waals surface area contributed by atoms with Crippen molar-refractivity contribution in [3.05, 3.63) is 113 Å². The minimum absolute atomic E-state index is 0.0286. The molecule has 0 radical (unpaired) electrons. The summed E-state index contributed by atoms with van der Waals surface area (Å²) in [5.41, 5.74) is 9.61. The zero-order valence-corrected chi connectivity index (χ0v) is 21.3. The molecule has 0 unspecified atom stereocenters. The van der Waals surface area contributed by atoms with Crippen LogP contribution in [-0.2, 0) is 29.2 Å². The van der Waals surface area contributed by atoms with E-state index in [2.05, 4.69) is 27.2 Å². The Kier molecular flexibility index (Phi) is 6.68. The maximum Gasteiger partial charge on any atom is 0.251 e. The number of hydrogen-bond donors (Lipinski definition) is 2. The van der Waals surface area contributed by atoms with Crippen LogP contribution in [0.25, 0.3) is 5.65 Å². The third kappa shape index (κ3) is 5.58. The van der Waals surface area contributed by atoms with E-state index in [0.29, 0.717) is 22.5 Å². The van der Waals surface area contributed by atoms with Crippen LogP contribution in [0.15, 0.2) is 90.3 Å². The summed E-state index contributed by atoms with van der Waals surface area (Å²) >= 11 is 0. The molecule has 3 aromatic heterocycles. The Morgan fingerprint density at radius 1 is 1.03 bits per heavy atom. The number of amides is 1. The molecule has 0 aliphatic heterocycles. The summed E-state index contributed by atoms with van der Waals surface area (Å²) in [7, 11) is -2.08. The lowest BCUT2D eigenvalue weighted by Gasteiger charge is -2.10. The monoisotopic (exact) mass is 524 g/mol. The minimum atomic E-state index is -3.80. The normalized spacial score (nSPS) is 11.2. The van der Waals surface area contributed by atoms with Crippen LogP contribution in [0.2, 0.25) is 0 Å². The average Bonchev–Trinajstić information content (AvgIpc) is 3.53. The van der Waals surface area contributed by atoms with Gasteiger partial charge in [-0.05, 0) is 60.2 Å². The fourth-order valence-corrected chi connectivity index (χ4v) is 5.37. The molecule has 38 heavy (non-hydrogen) atoms. The summed E-state index contributed by atoms with van der Waals surface area (Å²) < 4.78 is 30.1. The Bertz CT molecular complexity index is 1830. The van der Waals surface area contributed by atoms with Crippen molar-refractivity contribution in [1.82, 2.24) is 24.5 Å². The molecular formula is C28H24N6O3S. The number of nitrogen functional groups attached to an aromatic ring is 1. The fourth-order valence-electron chi connectivity index (χ4n) is 3.96. The first-order chi connectivity index (χ1) is 18.3. The number of hydrogen-bond acceptors (Lipinski definition) is 6. The molecular weight excluding hydrogens is 500 g/mol. The van der Waals surface area contributed by atoms with Gasteiger partial charge in [-0.15, -0.1) is 0 Å². The van der Waals surface area contributed by atoms with Crippen molar-refractivity contribution in [3.63, 3.8) is 0 Å². The van der Waals surface area contributed by atoms with Gasteiger partial charge < -0.3 is 15.5 Å². The van der Waals surface area contributed by atoms with Gasteiger partial charge in [0.15, 0.2) is 9.84 Å². The minimum Gasteiger partial charge on any atom is -0.399 e. The van der Waals surface area contributed by atoms with Crippen LogP contribution < -0.4 is 11.1 Å². The highest BCUT2D eigenvalue weighted by Crippen LogP contribution is 2.22. The van der Waals surface area contributed by atoms with Gasteiger partial charge in [0.05, 0.1) is 16.3 Å². The second-order valence-corrected chi connectivity index (χ2v) is 10.7. The number of rotatable bonds is 6. The van der Waals surface area contributed by atoms with Gasteiger partial charge in [0.1, 0.15) is 5.65 Å². The molecule has 5 rings (SSSR count). The summed E-state index contributed by atoms with van der Waals surface area (Å²) in [5, 5.41) is 7.06. The largest absolute Gasteiger partial charge is 0.399 e. The Hall–Kier alpha value is -4.88. The molecule has 0 aliphatic carbocycles. The van der Waals surface area contributed by atoms with Crippen molar-refractivity contribution < 1.29 is 13.2 Å². The first kappa shape index (κ1) is 24.8. The number of nitrogens with two attached hydrogens (primary N) is 1. The first-order valence-electron chi connectivity index (χ1n) is 11.7. The summed E-state index contributed by atoms with van der Waals surface area (Å²) in [6.07, 6.45) is 7.10. The van der Waals surface area contributed by atoms with Crippen LogP contribution in [0.5, 0.6) is 0 Å². The number of aromatic nitrogens is 4. The van der Waals surface area contributed by atoms with Crippen molar-refractivity contribution in [2.24, 2.45) is 7.05 Å². The number of nitrogens with zero attached hydrogens (tertiary/aromatic N) is 4. The van der Waals surface area contributed by atoms with Crippen molar-refractivity contribution in [2.45, 2.75) is 17.2 Å². The van der Waals surface area contributed by atoms with E-state index in [1.54, 1.807) is 54.5 Å². The van der Waals surface area contributed by atoms with Crippen molar-refractivity contribution in [3.8, 4) is 11.8 Å². The van der Waals surface area contributed by atoms with E-state index in [-0.39, 0.29) is 28.7 Å². The zero-order valence-electron chi connectivity index (χ0n) is 20.5. The van der Waals surface area contributed by atoms with Crippen LogP contribution in [0.4, 0.5) is 5.69 Å². The molecule has 5 aromatic rings. The number of benzene rings is 2. The highest BCUT2D eigenvalue weighted by Gasteiger charge is 2.22. The van der Waals surface area contributed by atoms with E-state index < -0.39 is 9.84 Å². The van der Waals surface area contributed by atoms with Crippen molar-refractivity contribution in [2.75, 3.05) is 5.73 Å². The summed E-state index contributed by atoms with van der Waals surface area (Å²) in [6, 6.07) is 16.8. The number of carbonyl (C=O) groups is 1. The molecule has 3 N–H and O–H groups in total. The lowest BCUT2D eigenvalue weighted by molar-refractivity contribution is 0.0950. The molecule has 0 bridgehead atoms. The molecule has 9 nitrogen and oxygen atoms in total. The molecule has 2 aromatic carbocycles.